The molecule has 2 N–H and O–H groups in total. The lowest BCUT2D eigenvalue weighted by atomic mass is 10.2. The maximum Gasteiger partial charge on any atom is 0.191 e. The molecule has 0 amide bonds. The summed E-state index contributed by atoms with van der Waals surface area (Å²) in [6.07, 6.45) is 0. The van der Waals surface area contributed by atoms with E-state index in [4.69, 9.17) is 11.6 Å². The molecule has 2 rings (SSSR count). The molecule has 6 nitrogen and oxygen atoms in total. The van der Waals surface area contributed by atoms with Gasteiger partial charge in [-0.3, -0.25) is 4.90 Å². The van der Waals surface area contributed by atoms with Gasteiger partial charge >= 0.3 is 0 Å². The number of nitrogens with zero attached hydrogens (tertiary/aromatic N) is 2. The molecule has 9 heteroatoms. The topological polar surface area (TPSA) is 73.8 Å². The van der Waals surface area contributed by atoms with E-state index in [1.54, 1.807) is 0 Å². The molecule has 25 heavy (non-hydrogen) atoms. The Morgan fingerprint density at radius 3 is 2.44 bits per heavy atom. The van der Waals surface area contributed by atoms with Crippen molar-refractivity contribution in [2.45, 2.75) is 13.5 Å². The smallest absolute Gasteiger partial charge is 0.191 e. The quantitative estimate of drug-likeness (QED) is 0.354. The van der Waals surface area contributed by atoms with Crippen molar-refractivity contribution in [3.63, 3.8) is 0 Å². The van der Waals surface area contributed by atoms with Crippen molar-refractivity contribution in [2.75, 3.05) is 44.2 Å². The van der Waals surface area contributed by atoms with Crippen LogP contribution in [-0.4, -0.2) is 63.5 Å². The van der Waals surface area contributed by atoms with Crippen LogP contribution in [-0.2, 0) is 16.4 Å². The zero-order valence-electron chi connectivity index (χ0n) is 14.4. The predicted octanol–water partition coefficient (Wildman–Crippen LogP) is 1.74. The zero-order chi connectivity index (χ0) is 17.4. The van der Waals surface area contributed by atoms with E-state index < -0.39 is 9.84 Å². The molecule has 142 valence electrons. The summed E-state index contributed by atoms with van der Waals surface area (Å²) in [5.74, 6) is 1.28. The maximum atomic E-state index is 11.4. The third-order valence-electron chi connectivity index (χ3n) is 3.83. The van der Waals surface area contributed by atoms with Crippen LogP contribution in [0.3, 0.4) is 0 Å². The molecule has 0 spiro atoms. The lowest BCUT2D eigenvalue weighted by Gasteiger charge is -2.26. The minimum atomic E-state index is -2.82. The number of rotatable bonds is 6. The third-order valence-corrected chi connectivity index (χ3v) is 5.70. The van der Waals surface area contributed by atoms with E-state index >= 15 is 0 Å². The fourth-order valence-corrected chi connectivity index (χ4v) is 3.81. The van der Waals surface area contributed by atoms with E-state index in [2.05, 4.69) is 20.5 Å². The Hall–Kier alpha value is -0.580. The first kappa shape index (κ1) is 22.5. The number of benzene rings is 1. The molecule has 0 saturated carbocycles. The summed E-state index contributed by atoms with van der Waals surface area (Å²) in [4.78, 5) is 6.72. The summed E-state index contributed by atoms with van der Waals surface area (Å²) in [6.45, 7) is 6.15. The first-order valence-corrected chi connectivity index (χ1v) is 10.4. The Balaban J connectivity index is 0.00000312. The Labute approximate surface area is 172 Å². The summed E-state index contributed by atoms with van der Waals surface area (Å²) in [7, 11) is -2.82. The van der Waals surface area contributed by atoms with E-state index in [0.29, 0.717) is 19.6 Å². The Kier molecular flexibility index (Phi) is 10.1. The molecular weight excluding hydrogens is 475 g/mol. The van der Waals surface area contributed by atoms with E-state index in [9.17, 15) is 8.42 Å². The number of halogens is 2. The normalized spacial score (nSPS) is 17.6. The highest BCUT2D eigenvalue weighted by atomic mass is 127. The minimum absolute atomic E-state index is 0. The van der Waals surface area contributed by atoms with Gasteiger partial charge in [-0.2, -0.15) is 0 Å². The van der Waals surface area contributed by atoms with Crippen LogP contribution < -0.4 is 10.6 Å². The van der Waals surface area contributed by atoms with Crippen molar-refractivity contribution in [3.8, 4) is 0 Å². The summed E-state index contributed by atoms with van der Waals surface area (Å²) >= 11 is 5.88. The van der Waals surface area contributed by atoms with Crippen LogP contribution in [0, 0.1) is 0 Å². The molecule has 1 heterocycles. The third kappa shape index (κ3) is 8.57. The van der Waals surface area contributed by atoms with Crippen LogP contribution in [0.1, 0.15) is 12.5 Å². The average molecular weight is 501 g/mol. The van der Waals surface area contributed by atoms with Crippen molar-refractivity contribution in [1.29, 1.82) is 0 Å². The average Bonchev–Trinajstić information content (AvgIpc) is 2.55. The van der Waals surface area contributed by atoms with E-state index in [0.717, 1.165) is 36.2 Å². The fourth-order valence-electron chi connectivity index (χ4n) is 2.41. The first-order chi connectivity index (χ1) is 11.5. The van der Waals surface area contributed by atoms with Gasteiger partial charge in [-0.15, -0.1) is 24.0 Å². The summed E-state index contributed by atoms with van der Waals surface area (Å²) in [5.41, 5.74) is 1.10. The number of sulfone groups is 1. The number of hydrogen-bond donors (Lipinski definition) is 2. The number of nitrogens with one attached hydrogen (secondary N) is 2. The van der Waals surface area contributed by atoms with Gasteiger partial charge in [0.05, 0.1) is 18.1 Å². The van der Waals surface area contributed by atoms with Crippen LogP contribution in [0.2, 0.25) is 5.02 Å². The van der Waals surface area contributed by atoms with Crippen LogP contribution >= 0.6 is 35.6 Å². The highest BCUT2D eigenvalue weighted by Gasteiger charge is 2.20. The largest absolute Gasteiger partial charge is 0.357 e. The zero-order valence-corrected chi connectivity index (χ0v) is 18.3. The molecule has 0 bridgehead atoms. The second-order valence-electron chi connectivity index (χ2n) is 5.74. The van der Waals surface area contributed by atoms with Crippen molar-refractivity contribution in [2.24, 2.45) is 4.99 Å². The van der Waals surface area contributed by atoms with Gasteiger partial charge in [-0.1, -0.05) is 23.7 Å². The van der Waals surface area contributed by atoms with Gasteiger partial charge in [0.15, 0.2) is 15.8 Å². The molecule has 1 aromatic carbocycles. The monoisotopic (exact) mass is 500 g/mol. The van der Waals surface area contributed by atoms with Crippen molar-refractivity contribution < 1.29 is 8.42 Å². The molecule has 0 atom stereocenters. The second kappa shape index (κ2) is 11.2. The van der Waals surface area contributed by atoms with E-state index in [-0.39, 0.29) is 35.5 Å². The van der Waals surface area contributed by atoms with Gasteiger partial charge in [0, 0.05) is 37.7 Å². The predicted molar refractivity (Wildman–Crippen MR) is 115 cm³/mol. The summed E-state index contributed by atoms with van der Waals surface area (Å²) < 4.78 is 22.8. The minimum Gasteiger partial charge on any atom is -0.357 e. The number of aliphatic imine (C=N–C) groups is 1. The highest BCUT2D eigenvalue weighted by Crippen LogP contribution is 2.10. The molecule has 0 unspecified atom stereocenters. The standard InChI is InChI=1S/C16H25ClN4O2S.HI/c1-2-18-16(20-13-14-3-5-15(17)6-4-14)19-7-8-21-9-11-24(22,23)12-10-21;/h3-6H,2,7-13H2,1H3,(H2,18,19,20);1H. The molecule has 1 aromatic rings. The Morgan fingerprint density at radius 2 is 1.84 bits per heavy atom. The Bertz CT molecular complexity index is 639. The number of guanidine groups is 1. The van der Waals surface area contributed by atoms with Crippen molar-refractivity contribution in [1.82, 2.24) is 15.5 Å². The highest BCUT2D eigenvalue weighted by molar-refractivity contribution is 14.0. The van der Waals surface area contributed by atoms with Crippen molar-refractivity contribution in [3.05, 3.63) is 34.9 Å². The molecule has 1 aliphatic heterocycles. The maximum absolute atomic E-state index is 11.4. The molecule has 0 aromatic heterocycles. The van der Waals surface area contributed by atoms with Gasteiger partial charge in [0.25, 0.3) is 0 Å². The van der Waals surface area contributed by atoms with Gasteiger partial charge in [0.2, 0.25) is 0 Å². The molecule has 0 radical (unpaired) electrons. The first-order valence-electron chi connectivity index (χ1n) is 8.18. The van der Waals surface area contributed by atoms with Crippen LogP contribution in [0.5, 0.6) is 0 Å². The molecular formula is C16H26ClIN4O2S. The fraction of sp³-hybridized carbons (Fsp3) is 0.562. The molecule has 1 fully saturated rings. The van der Waals surface area contributed by atoms with Crippen LogP contribution in [0.25, 0.3) is 0 Å². The summed E-state index contributed by atoms with van der Waals surface area (Å²) in [6, 6.07) is 7.64. The SMILES string of the molecule is CCNC(=NCc1ccc(Cl)cc1)NCCN1CCS(=O)(=O)CC1.I. The molecule has 0 aliphatic carbocycles. The molecule has 1 aliphatic rings. The summed E-state index contributed by atoms with van der Waals surface area (Å²) in [5, 5.41) is 7.22. The lowest BCUT2D eigenvalue weighted by Crippen LogP contribution is -2.45. The second-order valence-corrected chi connectivity index (χ2v) is 8.48. The van der Waals surface area contributed by atoms with E-state index in [1.165, 1.54) is 0 Å². The molecule has 1 saturated heterocycles. The lowest BCUT2D eigenvalue weighted by molar-refractivity contribution is 0.299. The van der Waals surface area contributed by atoms with Gasteiger partial charge in [-0.25, -0.2) is 13.4 Å². The van der Waals surface area contributed by atoms with Gasteiger partial charge in [-0.05, 0) is 24.6 Å². The van der Waals surface area contributed by atoms with Crippen LogP contribution in [0.15, 0.2) is 29.3 Å². The van der Waals surface area contributed by atoms with Gasteiger partial charge < -0.3 is 10.6 Å². The Morgan fingerprint density at radius 1 is 1.20 bits per heavy atom. The van der Waals surface area contributed by atoms with Crippen molar-refractivity contribution >= 4 is 51.4 Å². The number of hydrogen-bond acceptors (Lipinski definition) is 4. The van der Waals surface area contributed by atoms with Gasteiger partial charge in [0.1, 0.15) is 0 Å². The van der Waals surface area contributed by atoms with Crippen LogP contribution in [0.4, 0.5) is 0 Å². The van der Waals surface area contributed by atoms with E-state index in [1.807, 2.05) is 31.2 Å².